The molecular weight excluding hydrogens is 309 g/mol. The fourth-order valence-electron chi connectivity index (χ4n) is 1.95. The van der Waals surface area contributed by atoms with E-state index in [1.165, 1.54) is 0 Å². The Hall–Kier alpha value is -2.82. The molecule has 0 fully saturated rings. The lowest BCUT2D eigenvalue weighted by Gasteiger charge is -2.11. The minimum Gasteiger partial charge on any atom is -0.367 e. The second-order valence-electron chi connectivity index (χ2n) is 4.87. The van der Waals surface area contributed by atoms with E-state index in [1.54, 1.807) is 11.4 Å². The van der Waals surface area contributed by atoms with Gasteiger partial charge in [0.25, 0.3) is 0 Å². The average Bonchev–Trinajstić information content (AvgIpc) is 2.49. The summed E-state index contributed by atoms with van der Waals surface area (Å²) in [5.41, 5.74) is 1.95. The van der Waals surface area contributed by atoms with E-state index in [4.69, 9.17) is 5.26 Å². The summed E-state index contributed by atoms with van der Waals surface area (Å²) in [4.78, 5) is 15.0. The quantitative estimate of drug-likeness (QED) is 0.848. The monoisotopic (exact) mass is 322 g/mol. The normalized spacial score (nSPS) is 11.1. The number of aryl methyl sites for hydroxylation is 1. The van der Waals surface area contributed by atoms with Gasteiger partial charge >= 0.3 is 12.1 Å². The van der Waals surface area contributed by atoms with Crippen molar-refractivity contribution in [1.29, 1.82) is 5.26 Å². The maximum absolute atomic E-state index is 12.0. The van der Waals surface area contributed by atoms with E-state index < -0.39 is 12.1 Å². The van der Waals surface area contributed by atoms with Crippen molar-refractivity contribution in [3.05, 3.63) is 35.4 Å². The molecule has 1 aromatic heterocycles. The van der Waals surface area contributed by atoms with Crippen molar-refractivity contribution in [2.45, 2.75) is 13.1 Å². The highest BCUT2D eigenvalue weighted by Crippen LogP contribution is 2.21. The third-order valence-electron chi connectivity index (χ3n) is 3.05. The van der Waals surface area contributed by atoms with Crippen LogP contribution in [0.5, 0.6) is 0 Å². The second-order valence-corrected chi connectivity index (χ2v) is 4.87. The Bertz CT molecular complexity index is 781. The summed E-state index contributed by atoms with van der Waals surface area (Å²) in [5, 5.41) is 14.4. The van der Waals surface area contributed by atoms with Crippen LogP contribution in [0.1, 0.15) is 11.1 Å². The summed E-state index contributed by atoms with van der Waals surface area (Å²) in [6.07, 6.45) is -4.91. The van der Waals surface area contributed by atoms with Gasteiger partial charge in [0.05, 0.1) is 11.1 Å². The van der Waals surface area contributed by atoms with Gasteiger partial charge in [0.2, 0.25) is 0 Å². The molecule has 2 aromatic rings. The number of hydrogen-bond donors (Lipinski definition) is 2. The van der Waals surface area contributed by atoms with Crippen LogP contribution in [0.25, 0.3) is 10.9 Å². The number of nitriles is 1. The van der Waals surface area contributed by atoms with Gasteiger partial charge in [-0.2, -0.15) is 18.4 Å². The van der Waals surface area contributed by atoms with Crippen LogP contribution in [0.4, 0.5) is 19.0 Å². The summed E-state index contributed by atoms with van der Waals surface area (Å²) in [7, 11) is 0. The van der Waals surface area contributed by atoms with E-state index in [9.17, 15) is 18.0 Å². The average molecular weight is 322 g/mol. The number of rotatable bonds is 4. The Balaban J connectivity index is 2.07. The number of hydrogen-bond acceptors (Lipinski definition) is 4. The second kappa shape index (κ2) is 6.52. The summed E-state index contributed by atoms with van der Waals surface area (Å²) in [6, 6.07) is 9.21. The fraction of sp³-hybridized carbons (Fsp3) is 0.267. The lowest BCUT2D eigenvalue weighted by atomic mass is 10.1. The van der Waals surface area contributed by atoms with Crippen LogP contribution < -0.4 is 10.6 Å². The number of aromatic nitrogens is 1. The van der Waals surface area contributed by atoms with Gasteiger partial charge in [-0.15, -0.1) is 0 Å². The van der Waals surface area contributed by atoms with Crippen LogP contribution in [-0.2, 0) is 4.79 Å². The van der Waals surface area contributed by atoms with Crippen LogP contribution in [-0.4, -0.2) is 30.2 Å². The van der Waals surface area contributed by atoms with Gasteiger partial charge < -0.3 is 10.6 Å². The summed E-state index contributed by atoms with van der Waals surface area (Å²) in [5.74, 6) is -1.73. The fourth-order valence-corrected chi connectivity index (χ4v) is 1.95. The van der Waals surface area contributed by atoms with E-state index in [2.05, 4.69) is 10.3 Å². The first-order valence-electron chi connectivity index (χ1n) is 6.71. The molecule has 1 amide bonds. The molecule has 1 aromatic carbocycles. The topological polar surface area (TPSA) is 77.8 Å². The molecule has 0 saturated carbocycles. The molecule has 0 aliphatic heterocycles. The Morgan fingerprint density at radius 2 is 2.04 bits per heavy atom. The minimum absolute atomic E-state index is 0.0147. The number of halogens is 3. The Kier molecular flexibility index (Phi) is 4.69. The van der Waals surface area contributed by atoms with E-state index in [0.29, 0.717) is 5.52 Å². The molecule has 23 heavy (non-hydrogen) atoms. The van der Waals surface area contributed by atoms with Gasteiger partial charge in [-0.1, -0.05) is 12.1 Å². The van der Waals surface area contributed by atoms with Crippen molar-refractivity contribution >= 4 is 22.6 Å². The molecule has 0 atom stereocenters. The van der Waals surface area contributed by atoms with Gasteiger partial charge in [-0.05, 0) is 24.6 Å². The predicted octanol–water partition coefficient (Wildman–Crippen LogP) is 2.51. The van der Waals surface area contributed by atoms with E-state index in [-0.39, 0.29) is 24.5 Å². The highest BCUT2D eigenvalue weighted by molar-refractivity contribution is 5.83. The molecule has 5 nitrogen and oxygen atoms in total. The van der Waals surface area contributed by atoms with Crippen LogP contribution in [0.15, 0.2) is 24.3 Å². The lowest BCUT2D eigenvalue weighted by Crippen LogP contribution is -2.39. The molecule has 8 heteroatoms. The van der Waals surface area contributed by atoms with Gasteiger partial charge in [0, 0.05) is 18.5 Å². The number of amides is 1. The number of carbonyl (C=O) groups excluding carboxylic acids is 1. The minimum atomic E-state index is -4.91. The van der Waals surface area contributed by atoms with Crippen molar-refractivity contribution < 1.29 is 18.0 Å². The zero-order chi connectivity index (χ0) is 17.0. The molecule has 0 aliphatic rings. The Morgan fingerprint density at radius 3 is 2.70 bits per heavy atom. The number of pyridine rings is 1. The molecule has 2 N–H and O–H groups in total. The first-order valence-corrected chi connectivity index (χ1v) is 6.71. The van der Waals surface area contributed by atoms with Crippen molar-refractivity contribution in [1.82, 2.24) is 10.3 Å². The molecule has 0 radical (unpaired) electrons. The third-order valence-corrected chi connectivity index (χ3v) is 3.05. The number of nitrogens with one attached hydrogen (secondary N) is 2. The predicted molar refractivity (Wildman–Crippen MR) is 78.7 cm³/mol. The van der Waals surface area contributed by atoms with Gasteiger partial charge in [-0.3, -0.25) is 4.79 Å². The van der Waals surface area contributed by atoms with Gasteiger partial charge in [0.15, 0.2) is 0 Å². The maximum atomic E-state index is 12.0. The van der Waals surface area contributed by atoms with Crippen molar-refractivity contribution in [3.8, 4) is 6.07 Å². The zero-order valence-corrected chi connectivity index (χ0v) is 12.2. The molecule has 0 bridgehead atoms. The molecule has 0 saturated heterocycles. The van der Waals surface area contributed by atoms with E-state index in [0.717, 1.165) is 10.9 Å². The smallest absolute Gasteiger partial charge is 0.367 e. The number of anilines is 1. The molecule has 1 heterocycles. The molecule has 2 rings (SSSR count). The van der Waals surface area contributed by atoms with Crippen molar-refractivity contribution in [3.63, 3.8) is 0 Å². The largest absolute Gasteiger partial charge is 0.471 e. The first kappa shape index (κ1) is 16.5. The summed E-state index contributed by atoms with van der Waals surface area (Å²) >= 11 is 0. The number of benzene rings is 1. The number of nitrogens with zero attached hydrogens (tertiary/aromatic N) is 2. The summed E-state index contributed by atoms with van der Waals surface area (Å²) < 4.78 is 36.1. The van der Waals surface area contributed by atoms with Crippen LogP contribution in [0.2, 0.25) is 0 Å². The molecule has 120 valence electrons. The van der Waals surface area contributed by atoms with Gasteiger partial charge in [0.1, 0.15) is 11.9 Å². The lowest BCUT2D eigenvalue weighted by molar-refractivity contribution is -0.173. The van der Waals surface area contributed by atoms with Crippen LogP contribution in [0.3, 0.4) is 0 Å². The number of alkyl halides is 3. The molecule has 0 aliphatic carbocycles. The van der Waals surface area contributed by atoms with E-state index in [1.807, 2.05) is 31.2 Å². The summed E-state index contributed by atoms with van der Waals surface area (Å²) in [6.45, 7) is 1.68. The molecule has 0 spiro atoms. The Morgan fingerprint density at radius 1 is 1.30 bits per heavy atom. The van der Waals surface area contributed by atoms with Crippen molar-refractivity contribution in [2.75, 3.05) is 18.4 Å². The molecule has 0 unspecified atom stereocenters. The maximum Gasteiger partial charge on any atom is 0.471 e. The number of fused-ring (bicyclic) bond motifs is 1. The highest BCUT2D eigenvalue weighted by atomic mass is 19.4. The van der Waals surface area contributed by atoms with Crippen LogP contribution >= 0.6 is 0 Å². The molecular formula is C15H13F3N4O. The Labute approximate surface area is 130 Å². The highest BCUT2D eigenvalue weighted by Gasteiger charge is 2.38. The number of carbonyl (C=O) groups is 1. The standard InChI is InChI=1S/C15H13F3N4O/c1-9-2-3-10-7-11(8-19)13(22-12(10)6-9)20-4-5-21-14(23)15(16,17)18/h2-3,6-7H,4-5H2,1H3,(H,20,22)(H,21,23). The zero-order valence-electron chi connectivity index (χ0n) is 12.2. The van der Waals surface area contributed by atoms with Gasteiger partial charge in [-0.25, -0.2) is 4.98 Å². The van der Waals surface area contributed by atoms with Crippen LogP contribution in [0, 0.1) is 18.3 Å². The third kappa shape index (κ3) is 4.10. The first-order chi connectivity index (χ1) is 10.8. The van der Waals surface area contributed by atoms with E-state index >= 15 is 0 Å². The SMILES string of the molecule is Cc1ccc2cc(C#N)c(NCCNC(=O)C(F)(F)F)nc2c1. The van der Waals surface area contributed by atoms with Crippen molar-refractivity contribution in [2.24, 2.45) is 0 Å².